The van der Waals surface area contributed by atoms with E-state index in [-0.39, 0.29) is 17.2 Å². The maximum atomic E-state index is 12.2. The summed E-state index contributed by atoms with van der Waals surface area (Å²) in [6.07, 6.45) is 3.62. The number of carbonyl (C=O) groups excluding carboxylic acids is 1. The molecule has 2 N–H and O–H groups in total. The molecule has 2 saturated carbocycles. The third kappa shape index (κ3) is 2.44. The maximum absolute atomic E-state index is 12.2. The van der Waals surface area contributed by atoms with Gasteiger partial charge in [-0.25, -0.2) is 8.42 Å². The molecule has 18 heavy (non-hydrogen) atoms. The molecule has 5 nitrogen and oxygen atoms in total. The summed E-state index contributed by atoms with van der Waals surface area (Å²) in [7, 11) is -3.47. The second-order valence-electron chi connectivity index (χ2n) is 5.49. The van der Waals surface area contributed by atoms with Gasteiger partial charge in [0.2, 0.25) is 10.0 Å². The maximum Gasteiger partial charge on any atom is 0.254 e. The van der Waals surface area contributed by atoms with Gasteiger partial charge in [-0.05, 0) is 33.1 Å². The number of rotatable bonds is 6. The van der Waals surface area contributed by atoms with E-state index in [0.29, 0.717) is 19.3 Å². The summed E-state index contributed by atoms with van der Waals surface area (Å²) in [5.41, 5.74) is -0.780. The molecule has 2 aliphatic carbocycles. The van der Waals surface area contributed by atoms with Gasteiger partial charge in [0.25, 0.3) is 5.91 Å². The fourth-order valence-corrected chi connectivity index (χ4v) is 3.63. The molecule has 0 aliphatic heterocycles. The van der Waals surface area contributed by atoms with Crippen molar-refractivity contribution in [1.29, 1.82) is 0 Å². The van der Waals surface area contributed by atoms with E-state index in [1.165, 1.54) is 0 Å². The van der Waals surface area contributed by atoms with Crippen molar-refractivity contribution in [1.82, 2.24) is 10.0 Å². The van der Waals surface area contributed by atoms with Crippen molar-refractivity contribution < 1.29 is 13.2 Å². The summed E-state index contributed by atoms with van der Waals surface area (Å²) in [4.78, 5) is 12.2. The van der Waals surface area contributed by atoms with Crippen molar-refractivity contribution in [3.05, 3.63) is 12.7 Å². The second-order valence-corrected chi connectivity index (χ2v) is 7.45. The lowest BCUT2D eigenvalue weighted by Gasteiger charge is -2.21. The van der Waals surface area contributed by atoms with Gasteiger partial charge in [0.1, 0.15) is 5.54 Å². The Morgan fingerprint density at radius 1 is 1.44 bits per heavy atom. The molecule has 2 aliphatic rings. The Balaban J connectivity index is 2.08. The van der Waals surface area contributed by atoms with Crippen LogP contribution >= 0.6 is 0 Å². The van der Waals surface area contributed by atoms with E-state index >= 15 is 0 Å². The van der Waals surface area contributed by atoms with Crippen LogP contribution < -0.4 is 10.0 Å². The van der Waals surface area contributed by atoms with E-state index in [9.17, 15) is 13.2 Å². The number of hydrogen-bond donors (Lipinski definition) is 2. The molecule has 2 fully saturated rings. The molecule has 0 bridgehead atoms. The zero-order valence-corrected chi connectivity index (χ0v) is 11.6. The minimum atomic E-state index is -3.47. The Kier molecular flexibility index (Phi) is 3.27. The zero-order chi connectivity index (χ0) is 13.6. The monoisotopic (exact) mass is 272 g/mol. The first kappa shape index (κ1) is 13.5. The molecule has 0 aromatic heterocycles. The molecule has 1 amide bonds. The molecule has 0 unspecified atom stereocenters. The van der Waals surface area contributed by atoms with Crippen LogP contribution in [-0.2, 0) is 14.8 Å². The summed E-state index contributed by atoms with van der Waals surface area (Å²) >= 11 is 0. The number of hydrogen-bond acceptors (Lipinski definition) is 4. The Bertz CT molecular complexity index is 468. The minimum Gasteiger partial charge on any atom is -0.301 e. The third-order valence-corrected chi connectivity index (χ3v) is 5.27. The van der Waals surface area contributed by atoms with Crippen LogP contribution in [-0.4, -0.2) is 31.2 Å². The van der Waals surface area contributed by atoms with E-state index in [1.54, 1.807) is 6.08 Å². The highest BCUT2D eigenvalue weighted by atomic mass is 32.2. The molecule has 0 aromatic carbocycles. The third-order valence-electron chi connectivity index (χ3n) is 3.45. The van der Waals surface area contributed by atoms with Gasteiger partial charge in [0.05, 0.1) is 5.25 Å². The van der Waals surface area contributed by atoms with Crippen LogP contribution in [0.2, 0.25) is 0 Å². The van der Waals surface area contributed by atoms with Gasteiger partial charge in [-0.1, -0.05) is 6.08 Å². The standard InChI is InChI=1S/C12H20N2O3S/c1-4-9-7-12(9,13-8(2)3)11(15)14-18(16,17)10-5-6-10/h4,8-10,13H,1,5-7H2,2-3H3,(H,14,15)/t9-,12-/m1/s1. The number of nitrogens with one attached hydrogen (secondary N) is 2. The predicted molar refractivity (Wildman–Crippen MR) is 69.4 cm³/mol. The molecule has 0 aromatic rings. The lowest BCUT2D eigenvalue weighted by molar-refractivity contribution is -0.122. The van der Waals surface area contributed by atoms with E-state index in [2.05, 4.69) is 16.6 Å². The first-order valence-corrected chi connectivity index (χ1v) is 7.83. The second kappa shape index (κ2) is 4.35. The molecular formula is C12H20N2O3S. The minimum absolute atomic E-state index is 0.00861. The van der Waals surface area contributed by atoms with Gasteiger partial charge in [-0.2, -0.15) is 0 Å². The van der Waals surface area contributed by atoms with Crippen molar-refractivity contribution in [3.8, 4) is 0 Å². The van der Waals surface area contributed by atoms with Gasteiger partial charge < -0.3 is 5.32 Å². The molecule has 0 radical (unpaired) electrons. The van der Waals surface area contributed by atoms with Crippen LogP contribution in [0.5, 0.6) is 0 Å². The van der Waals surface area contributed by atoms with Gasteiger partial charge in [-0.3, -0.25) is 9.52 Å². The number of amides is 1. The van der Waals surface area contributed by atoms with Crippen LogP contribution in [0.3, 0.4) is 0 Å². The summed E-state index contributed by atoms with van der Waals surface area (Å²) in [5, 5.41) is 2.79. The van der Waals surface area contributed by atoms with Crippen LogP contribution in [0.15, 0.2) is 12.7 Å². The van der Waals surface area contributed by atoms with Crippen molar-refractivity contribution in [2.75, 3.05) is 0 Å². The molecule has 2 rings (SSSR count). The fraction of sp³-hybridized carbons (Fsp3) is 0.750. The normalized spacial score (nSPS) is 31.2. The topological polar surface area (TPSA) is 75.3 Å². The summed E-state index contributed by atoms with van der Waals surface area (Å²) in [6, 6.07) is 0.115. The van der Waals surface area contributed by atoms with Crippen molar-refractivity contribution in [3.63, 3.8) is 0 Å². The van der Waals surface area contributed by atoms with Crippen molar-refractivity contribution >= 4 is 15.9 Å². The first-order valence-electron chi connectivity index (χ1n) is 6.28. The SMILES string of the molecule is C=C[C@@H]1C[C@]1(NC(C)C)C(=O)NS(=O)(=O)C1CC1. The highest BCUT2D eigenvalue weighted by Crippen LogP contribution is 2.45. The highest BCUT2D eigenvalue weighted by Gasteiger charge is 2.59. The Morgan fingerprint density at radius 3 is 2.44 bits per heavy atom. The molecule has 6 heteroatoms. The molecule has 0 saturated heterocycles. The van der Waals surface area contributed by atoms with Crippen LogP contribution in [0.25, 0.3) is 0 Å². The van der Waals surface area contributed by atoms with Crippen LogP contribution in [0.4, 0.5) is 0 Å². The summed E-state index contributed by atoms with van der Waals surface area (Å²) in [5.74, 6) is -0.428. The fourth-order valence-electron chi connectivity index (χ4n) is 2.26. The van der Waals surface area contributed by atoms with Gasteiger partial charge >= 0.3 is 0 Å². The zero-order valence-electron chi connectivity index (χ0n) is 10.8. The van der Waals surface area contributed by atoms with Gasteiger partial charge in [0.15, 0.2) is 0 Å². The first-order chi connectivity index (χ1) is 8.32. The van der Waals surface area contributed by atoms with Crippen LogP contribution in [0, 0.1) is 5.92 Å². The summed E-state index contributed by atoms with van der Waals surface area (Å²) < 4.78 is 25.8. The largest absolute Gasteiger partial charge is 0.301 e. The van der Waals surface area contributed by atoms with E-state index in [4.69, 9.17) is 0 Å². The number of sulfonamides is 1. The van der Waals surface area contributed by atoms with E-state index < -0.39 is 21.5 Å². The van der Waals surface area contributed by atoms with E-state index in [0.717, 1.165) is 0 Å². The smallest absolute Gasteiger partial charge is 0.254 e. The van der Waals surface area contributed by atoms with Crippen LogP contribution in [0.1, 0.15) is 33.1 Å². The molecule has 102 valence electrons. The van der Waals surface area contributed by atoms with Crippen molar-refractivity contribution in [2.45, 2.75) is 49.9 Å². The van der Waals surface area contributed by atoms with Gasteiger partial charge in [-0.15, -0.1) is 6.58 Å². The molecule has 0 spiro atoms. The lowest BCUT2D eigenvalue weighted by atomic mass is 10.1. The highest BCUT2D eigenvalue weighted by molar-refractivity contribution is 7.90. The Hall–Kier alpha value is -0.880. The van der Waals surface area contributed by atoms with Gasteiger partial charge in [0, 0.05) is 12.0 Å². The predicted octanol–water partition coefficient (Wildman–Crippen LogP) is 0.538. The lowest BCUT2D eigenvalue weighted by Crippen LogP contribution is -2.52. The average molecular weight is 272 g/mol. The molecule has 0 heterocycles. The Morgan fingerprint density at radius 2 is 2.06 bits per heavy atom. The Labute approximate surface area is 108 Å². The van der Waals surface area contributed by atoms with Crippen molar-refractivity contribution in [2.24, 2.45) is 5.92 Å². The molecule has 2 atom stereocenters. The average Bonchev–Trinajstić information content (AvgIpc) is 3.11. The number of carbonyl (C=O) groups is 1. The summed E-state index contributed by atoms with van der Waals surface area (Å²) in [6.45, 7) is 7.55. The van der Waals surface area contributed by atoms with E-state index in [1.807, 2.05) is 13.8 Å². The quantitative estimate of drug-likeness (QED) is 0.692. The molecular weight excluding hydrogens is 252 g/mol.